The minimum Gasteiger partial charge on any atom is -0.486 e. The first-order valence-electron chi connectivity index (χ1n) is 6.95. The highest BCUT2D eigenvalue weighted by Gasteiger charge is 2.20. The SMILES string of the molecule is CN(C)c1nc(NCC2COc3ccccc3O2)ncc1F. The summed E-state index contributed by atoms with van der Waals surface area (Å²) in [5, 5.41) is 3.05. The number of ether oxygens (including phenoxy) is 2. The van der Waals surface area contributed by atoms with Gasteiger partial charge in [-0.3, -0.25) is 0 Å². The molecule has 1 aromatic heterocycles. The highest BCUT2D eigenvalue weighted by atomic mass is 19.1. The number of nitrogens with zero attached hydrogens (tertiary/aromatic N) is 3. The van der Waals surface area contributed by atoms with E-state index < -0.39 is 5.82 Å². The van der Waals surface area contributed by atoms with Crippen molar-refractivity contribution in [2.24, 2.45) is 0 Å². The molecule has 1 N–H and O–H groups in total. The average molecular weight is 304 g/mol. The van der Waals surface area contributed by atoms with Gasteiger partial charge in [-0.15, -0.1) is 0 Å². The van der Waals surface area contributed by atoms with E-state index in [1.165, 1.54) is 0 Å². The highest BCUT2D eigenvalue weighted by molar-refractivity contribution is 5.43. The van der Waals surface area contributed by atoms with Crippen LogP contribution in [0.1, 0.15) is 0 Å². The van der Waals surface area contributed by atoms with Crippen LogP contribution in [0.15, 0.2) is 30.5 Å². The molecule has 116 valence electrons. The van der Waals surface area contributed by atoms with Crippen molar-refractivity contribution < 1.29 is 13.9 Å². The number of halogens is 1. The smallest absolute Gasteiger partial charge is 0.224 e. The lowest BCUT2D eigenvalue weighted by atomic mass is 10.2. The molecule has 7 heteroatoms. The van der Waals surface area contributed by atoms with Gasteiger partial charge >= 0.3 is 0 Å². The lowest BCUT2D eigenvalue weighted by Gasteiger charge is -2.26. The lowest BCUT2D eigenvalue weighted by molar-refractivity contribution is 0.0996. The number of nitrogens with one attached hydrogen (secondary N) is 1. The van der Waals surface area contributed by atoms with Gasteiger partial charge in [0.2, 0.25) is 5.95 Å². The predicted octanol–water partition coefficient (Wildman–Crippen LogP) is 1.93. The Hall–Kier alpha value is -2.57. The van der Waals surface area contributed by atoms with E-state index >= 15 is 0 Å². The molecule has 6 nitrogen and oxygen atoms in total. The monoisotopic (exact) mass is 304 g/mol. The summed E-state index contributed by atoms with van der Waals surface area (Å²) in [5.74, 6) is 1.60. The third kappa shape index (κ3) is 3.03. The first kappa shape index (κ1) is 14.4. The van der Waals surface area contributed by atoms with E-state index in [9.17, 15) is 4.39 Å². The zero-order valence-electron chi connectivity index (χ0n) is 12.4. The van der Waals surface area contributed by atoms with Crippen LogP contribution in [0.25, 0.3) is 0 Å². The van der Waals surface area contributed by atoms with Gasteiger partial charge in [-0.25, -0.2) is 9.37 Å². The maximum absolute atomic E-state index is 13.5. The van der Waals surface area contributed by atoms with Gasteiger partial charge in [0.05, 0.1) is 12.7 Å². The van der Waals surface area contributed by atoms with Gasteiger partial charge in [0.15, 0.2) is 23.1 Å². The molecule has 1 aliphatic heterocycles. The number of para-hydroxylation sites is 2. The van der Waals surface area contributed by atoms with E-state index in [0.29, 0.717) is 19.1 Å². The second-order valence-electron chi connectivity index (χ2n) is 5.14. The topological polar surface area (TPSA) is 59.5 Å². The maximum atomic E-state index is 13.5. The minimum atomic E-state index is -0.457. The molecule has 0 aliphatic carbocycles. The predicted molar refractivity (Wildman–Crippen MR) is 81.2 cm³/mol. The molecule has 0 saturated carbocycles. The van der Waals surface area contributed by atoms with Gasteiger partial charge in [-0.05, 0) is 12.1 Å². The molecule has 0 fully saturated rings. The number of rotatable bonds is 4. The molecule has 1 unspecified atom stereocenters. The molecule has 2 aromatic rings. The molecule has 0 amide bonds. The van der Waals surface area contributed by atoms with Crippen LogP contribution >= 0.6 is 0 Å². The van der Waals surface area contributed by atoms with Gasteiger partial charge in [-0.1, -0.05) is 12.1 Å². The number of hydrogen-bond donors (Lipinski definition) is 1. The summed E-state index contributed by atoms with van der Waals surface area (Å²) in [6.45, 7) is 0.901. The normalized spacial score (nSPS) is 16.2. The van der Waals surface area contributed by atoms with Crippen molar-refractivity contribution in [1.29, 1.82) is 0 Å². The molecule has 0 spiro atoms. The highest BCUT2D eigenvalue weighted by Crippen LogP contribution is 2.30. The summed E-state index contributed by atoms with van der Waals surface area (Å²) >= 11 is 0. The maximum Gasteiger partial charge on any atom is 0.224 e. The Morgan fingerprint density at radius 1 is 1.32 bits per heavy atom. The first-order valence-corrected chi connectivity index (χ1v) is 6.95. The van der Waals surface area contributed by atoms with E-state index in [0.717, 1.165) is 17.7 Å². The van der Waals surface area contributed by atoms with Gasteiger partial charge in [-0.2, -0.15) is 4.98 Å². The van der Waals surface area contributed by atoms with Crippen LogP contribution in [-0.2, 0) is 0 Å². The largest absolute Gasteiger partial charge is 0.486 e. The average Bonchev–Trinajstić information content (AvgIpc) is 2.53. The lowest BCUT2D eigenvalue weighted by Crippen LogP contribution is -2.35. The van der Waals surface area contributed by atoms with E-state index in [4.69, 9.17) is 9.47 Å². The zero-order chi connectivity index (χ0) is 15.5. The summed E-state index contributed by atoms with van der Waals surface area (Å²) in [6, 6.07) is 7.52. The van der Waals surface area contributed by atoms with E-state index in [2.05, 4.69) is 15.3 Å². The third-order valence-electron chi connectivity index (χ3n) is 3.20. The van der Waals surface area contributed by atoms with Crippen LogP contribution in [0, 0.1) is 5.82 Å². The van der Waals surface area contributed by atoms with Crippen LogP contribution in [0.5, 0.6) is 11.5 Å². The van der Waals surface area contributed by atoms with Gasteiger partial charge < -0.3 is 19.7 Å². The zero-order valence-corrected chi connectivity index (χ0v) is 12.4. The van der Waals surface area contributed by atoms with E-state index in [1.807, 2.05) is 24.3 Å². The van der Waals surface area contributed by atoms with Crippen LogP contribution in [0.3, 0.4) is 0 Å². The van der Waals surface area contributed by atoms with Crippen molar-refractivity contribution in [3.8, 4) is 11.5 Å². The molecule has 0 radical (unpaired) electrons. The standard InChI is InChI=1S/C15H17FN4O2/c1-20(2)14-11(16)8-18-15(19-14)17-7-10-9-21-12-5-3-4-6-13(12)22-10/h3-6,8,10H,7,9H2,1-2H3,(H,17,18,19). The Kier molecular flexibility index (Phi) is 3.95. The first-order chi connectivity index (χ1) is 10.6. The second-order valence-corrected chi connectivity index (χ2v) is 5.14. The Labute approximate surface area is 127 Å². The van der Waals surface area contributed by atoms with Gasteiger partial charge in [0.25, 0.3) is 0 Å². The molecule has 1 aromatic carbocycles. The van der Waals surface area contributed by atoms with Crippen molar-refractivity contribution in [3.63, 3.8) is 0 Å². The molecule has 2 heterocycles. The number of fused-ring (bicyclic) bond motifs is 1. The quantitative estimate of drug-likeness (QED) is 0.931. The fraction of sp³-hybridized carbons (Fsp3) is 0.333. The van der Waals surface area contributed by atoms with Crippen LogP contribution in [0.4, 0.5) is 16.2 Å². The number of hydrogen-bond acceptors (Lipinski definition) is 6. The number of aromatic nitrogens is 2. The fourth-order valence-corrected chi connectivity index (χ4v) is 2.13. The summed E-state index contributed by atoms with van der Waals surface area (Å²) < 4.78 is 25.0. The number of anilines is 2. The third-order valence-corrected chi connectivity index (χ3v) is 3.20. The van der Waals surface area contributed by atoms with Crippen molar-refractivity contribution in [3.05, 3.63) is 36.3 Å². The Morgan fingerprint density at radius 3 is 2.86 bits per heavy atom. The van der Waals surface area contributed by atoms with Gasteiger partial charge in [0, 0.05) is 14.1 Å². The van der Waals surface area contributed by atoms with Crippen molar-refractivity contribution in [2.75, 3.05) is 37.5 Å². The Bertz CT molecular complexity index is 666. The van der Waals surface area contributed by atoms with Gasteiger partial charge in [0.1, 0.15) is 12.7 Å². The minimum absolute atomic E-state index is 0.161. The number of benzene rings is 1. The van der Waals surface area contributed by atoms with Crippen molar-refractivity contribution in [1.82, 2.24) is 9.97 Å². The molecular weight excluding hydrogens is 287 g/mol. The molecule has 22 heavy (non-hydrogen) atoms. The molecule has 1 atom stereocenters. The molecule has 0 saturated heterocycles. The van der Waals surface area contributed by atoms with Crippen molar-refractivity contribution >= 4 is 11.8 Å². The summed E-state index contributed by atoms with van der Waals surface area (Å²) in [7, 11) is 3.45. The molecule has 3 rings (SSSR count). The van der Waals surface area contributed by atoms with Crippen LogP contribution in [-0.4, -0.2) is 43.3 Å². The molecule has 0 bridgehead atoms. The second kappa shape index (κ2) is 6.05. The Morgan fingerprint density at radius 2 is 2.09 bits per heavy atom. The van der Waals surface area contributed by atoms with E-state index in [1.54, 1.807) is 19.0 Å². The summed E-state index contributed by atoms with van der Waals surface area (Å²) in [6.07, 6.45) is 0.990. The van der Waals surface area contributed by atoms with E-state index in [-0.39, 0.29) is 11.9 Å². The van der Waals surface area contributed by atoms with Crippen LogP contribution < -0.4 is 19.7 Å². The summed E-state index contributed by atoms with van der Waals surface area (Å²) in [5.41, 5.74) is 0. The fourth-order valence-electron chi connectivity index (χ4n) is 2.13. The molecular formula is C15H17FN4O2. The molecule has 1 aliphatic rings. The Balaban J connectivity index is 1.63. The van der Waals surface area contributed by atoms with Crippen molar-refractivity contribution in [2.45, 2.75) is 6.10 Å². The summed E-state index contributed by atoms with van der Waals surface area (Å²) in [4.78, 5) is 9.66. The van der Waals surface area contributed by atoms with Crippen LogP contribution in [0.2, 0.25) is 0 Å².